The van der Waals surface area contributed by atoms with Crippen LogP contribution in [-0.4, -0.2) is 23.5 Å². The summed E-state index contributed by atoms with van der Waals surface area (Å²) in [5.74, 6) is -0.279. The minimum atomic E-state index is -0.981. The quantitative estimate of drug-likeness (QED) is 0.742. The maximum atomic E-state index is 11.5. The van der Waals surface area contributed by atoms with Gasteiger partial charge in [-0.15, -0.1) is 0 Å². The summed E-state index contributed by atoms with van der Waals surface area (Å²) >= 11 is 0. The molecule has 0 bridgehead atoms. The number of carbonyl (C=O) groups excluding carboxylic acids is 1. The molecule has 0 aliphatic heterocycles. The second kappa shape index (κ2) is 5.73. The third kappa shape index (κ3) is 3.90. The van der Waals surface area contributed by atoms with Crippen molar-refractivity contribution >= 4 is 11.9 Å². The van der Waals surface area contributed by atoms with E-state index in [1.54, 1.807) is 0 Å². The lowest BCUT2D eigenvalue weighted by atomic mass is 9.80. The third-order valence-corrected chi connectivity index (χ3v) is 3.21. The van der Waals surface area contributed by atoms with Crippen molar-refractivity contribution in [2.24, 2.45) is 11.8 Å². The highest BCUT2D eigenvalue weighted by atomic mass is 16.4. The van der Waals surface area contributed by atoms with Gasteiger partial charge in [0.15, 0.2) is 0 Å². The first-order valence-corrected chi connectivity index (χ1v) is 5.63. The molecule has 1 aliphatic carbocycles. The Morgan fingerprint density at radius 3 is 2.33 bits per heavy atom. The van der Waals surface area contributed by atoms with Crippen LogP contribution in [0.15, 0.2) is 0 Å². The van der Waals surface area contributed by atoms with Crippen LogP contribution in [0.4, 0.5) is 0 Å². The summed E-state index contributed by atoms with van der Waals surface area (Å²) in [7, 11) is 0. The Kier molecular flexibility index (Phi) is 4.59. The van der Waals surface area contributed by atoms with Gasteiger partial charge in [0.25, 0.3) is 0 Å². The number of carboxylic acids is 1. The van der Waals surface area contributed by atoms with Crippen molar-refractivity contribution in [1.29, 1.82) is 0 Å². The number of nitrogens with one attached hydrogen (secondary N) is 1. The molecule has 0 radical (unpaired) electrons. The molecule has 0 atom stereocenters. The molecule has 15 heavy (non-hydrogen) atoms. The largest absolute Gasteiger partial charge is 0.480 e. The number of carbonyl (C=O) groups is 2. The molecule has 1 amide bonds. The van der Waals surface area contributed by atoms with E-state index in [-0.39, 0.29) is 18.4 Å². The molecule has 0 spiro atoms. The normalized spacial score (nSPS) is 25.9. The fraction of sp³-hybridized carbons (Fsp3) is 0.818. The van der Waals surface area contributed by atoms with Gasteiger partial charge in [-0.05, 0) is 31.6 Å². The van der Waals surface area contributed by atoms with Crippen molar-refractivity contribution in [2.75, 3.05) is 6.54 Å². The molecule has 1 aliphatic rings. The minimum absolute atomic E-state index is 0.0344. The summed E-state index contributed by atoms with van der Waals surface area (Å²) < 4.78 is 0. The number of aliphatic carboxylic acids is 1. The van der Waals surface area contributed by atoms with E-state index < -0.39 is 5.97 Å². The van der Waals surface area contributed by atoms with Crippen molar-refractivity contribution in [3.63, 3.8) is 0 Å². The van der Waals surface area contributed by atoms with Crippen molar-refractivity contribution in [3.05, 3.63) is 0 Å². The Balaban J connectivity index is 2.27. The second-order valence-electron chi connectivity index (χ2n) is 4.24. The molecule has 0 unspecified atom stereocenters. The van der Waals surface area contributed by atoms with E-state index >= 15 is 0 Å². The maximum Gasteiger partial charge on any atom is 0.322 e. The Bertz CT molecular complexity index is 232. The Morgan fingerprint density at radius 1 is 1.27 bits per heavy atom. The van der Waals surface area contributed by atoms with Gasteiger partial charge >= 0.3 is 5.97 Å². The van der Waals surface area contributed by atoms with Gasteiger partial charge in [-0.2, -0.15) is 0 Å². The lowest BCUT2D eigenvalue weighted by molar-refractivity contribution is -0.138. The van der Waals surface area contributed by atoms with E-state index in [4.69, 9.17) is 5.11 Å². The van der Waals surface area contributed by atoms with Crippen molar-refractivity contribution < 1.29 is 14.7 Å². The zero-order valence-corrected chi connectivity index (χ0v) is 9.16. The van der Waals surface area contributed by atoms with Gasteiger partial charge in [0.1, 0.15) is 6.54 Å². The Morgan fingerprint density at radius 2 is 1.87 bits per heavy atom. The first-order chi connectivity index (χ1) is 7.13. The number of rotatable bonds is 4. The first kappa shape index (κ1) is 12.0. The average Bonchev–Trinajstić information content (AvgIpc) is 2.26. The van der Waals surface area contributed by atoms with Gasteiger partial charge in [-0.3, -0.25) is 9.59 Å². The van der Waals surface area contributed by atoms with E-state index in [9.17, 15) is 9.59 Å². The average molecular weight is 213 g/mol. The molecule has 0 saturated heterocycles. The van der Waals surface area contributed by atoms with Crippen molar-refractivity contribution in [3.8, 4) is 0 Å². The molecule has 86 valence electrons. The smallest absolute Gasteiger partial charge is 0.322 e. The molecule has 0 aromatic carbocycles. The molecule has 1 rings (SSSR count). The molecule has 4 nitrogen and oxygen atoms in total. The van der Waals surface area contributed by atoms with Crippen LogP contribution in [0.1, 0.15) is 39.0 Å². The summed E-state index contributed by atoms with van der Waals surface area (Å²) in [6.07, 6.45) is 5.20. The maximum absolute atomic E-state index is 11.5. The highest BCUT2D eigenvalue weighted by Gasteiger charge is 2.25. The summed E-state index contributed by atoms with van der Waals surface area (Å²) in [5, 5.41) is 10.9. The van der Waals surface area contributed by atoms with Crippen molar-refractivity contribution in [2.45, 2.75) is 39.0 Å². The van der Waals surface area contributed by atoms with Gasteiger partial charge in [0.05, 0.1) is 0 Å². The van der Waals surface area contributed by atoms with E-state index in [0.717, 1.165) is 31.6 Å². The van der Waals surface area contributed by atoms with Gasteiger partial charge in [-0.1, -0.05) is 13.3 Å². The van der Waals surface area contributed by atoms with Crippen LogP contribution in [0.2, 0.25) is 0 Å². The number of carboxylic acid groups (broad SMARTS) is 1. The van der Waals surface area contributed by atoms with E-state index in [1.165, 1.54) is 6.42 Å². The summed E-state index contributed by atoms with van der Waals surface area (Å²) in [6.45, 7) is 1.92. The molecular weight excluding hydrogens is 194 g/mol. The summed E-state index contributed by atoms with van der Waals surface area (Å²) in [5.41, 5.74) is 0. The second-order valence-corrected chi connectivity index (χ2v) is 4.24. The molecule has 0 aromatic heterocycles. The zero-order chi connectivity index (χ0) is 11.3. The van der Waals surface area contributed by atoms with Gasteiger partial charge < -0.3 is 10.4 Å². The van der Waals surface area contributed by atoms with Crippen LogP contribution in [0.3, 0.4) is 0 Å². The van der Waals surface area contributed by atoms with Gasteiger partial charge in [0.2, 0.25) is 5.91 Å². The highest BCUT2D eigenvalue weighted by molar-refractivity contribution is 5.82. The molecule has 4 heteroatoms. The monoisotopic (exact) mass is 213 g/mol. The highest BCUT2D eigenvalue weighted by Crippen LogP contribution is 2.30. The van der Waals surface area contributed by atoms with E-state index in [0.29, 0.717) is 0 Å². The molecular formula is C11H19NO3. The Labute approximate surface area is 90.0 Å². The molecule has 1 fully saturated rings. The third-order valence-electron chi connectivity index (χ3n) is 3.21. The topological polar surface area (TPSA) is 66.4 Å². The Hall–Kier alpha value is -1.06. The SMILES string of the molecule is CCC1CCC(C(=O)NCC(=O)O)CC1. The lowest BCUT2D eigenvalue weighted by Gasteiger charge is -2.26. The molecule has 0 heterocycles. The van der Waals surface area contributed by atoms with Crippen molar-refractivity contribution in [1.82, 2.24) is 5.32 Å². The first-order valence-electron chi connectivity index (χ1n) is 5.63. The summed E-state index contributed by atoms with van der Waals surface area (Å²) in [4.78, 5) is 21.8. The van der Waals surface area contributed by atoms with Gasteiger partial charge in [0, 0.05) is 5.92 Å². The fourth-order valence-corrected chi connectivity index (χ4v) is 2.14. The van der Waals surface area contributed by atoms with E-state index in [2.05, 4.69) is 12.2 Å². The van der Waals surface area contributed by atoms with Crippen LogP contribution in [0.25, 0.3) is 0 Å². The predicted molar refractivity (Wildman–Crippen MR) is 56.4 cm³/mol. The standard InChI is InChI=1S/C11H19NO3/c1-2-8-3-5-9(6-4-8)11(15)12-7-10(13)14/h8-9H,2-7H2,1H3,(H,12,15)(H,13,14). The summed E-state index contributed by atoms with van der Waals surface area (Å²) in [6, 6.07) is 0. The molecule has 2 N–H and O–H groups in total. The number of hydrogen-bond donors (Lipinski definition) is 2. The minimum Gasteiger partial charge on any atom is -0.480 e. The zero-order valence-electron chi connectivity index (χ0n) is 9.16. The fourth-order valence-electron chi connectivity index (χ4n) is 2.14. The van der Waals surface area contributed by atoms with E-state index in [1.807, 2.05) is 0 Å². The van der Waals surface area contributed by atoms with Crippen LogP contribution in [-0.2, 0) is 9.59 Å². The van der Waals surface area contributed by atoms with Crippen LogP contribution in [0.5, 0.6) is 0 Å². The van der Waals surface area contributed by atoms with Crippen LogP contribution in [0, 0.1) is 11.8 Å². The van der Waals surface area contributed by atoms with Crippen LogP contribution >= 0.6 is 0 Å². The van der Waals surface area contributed by atoms with Gasteiger partial charge in [-0.25, -0.2) is 0 Å². The lowest BCUT2D eigenvalue weighted by Crippen LogP contribution is -2.36. The molecule has 1 saturated carbocycles. The number of hydrogen-bond acceptors (Lipinski definition) is 2. The number of amides is 1. The van der Waals surface area contributed by atoms with Crippen LogP contribution < -0.4 is 5.32 Å². The predicted octanol–water partition coefficient (Wildman–Crippen LogP) is 1.40. The molecule has 0 aromatic rings.